The average Bonchev–Trinajstić information content (AvgIpc) is 2.59. The highest BCUT2D eigenvalue weighted by Crippen LogP contribution is 2.21. The Bertz CT molecular complexity index is 649. The lowest BCUT2D eigenvalue weighted by atomic mass is 10.0. The van der Waals surface area contributed by atoms with Crippen LogP contribution in [-0.2, 0) is 13.5 Å². The quantitative estimate of drug-likeness (QED) is 0.811. The highest BCUT2D eigenvalue weighted by atomic mass is 79.9. The molecule has 0 saturated heterocycles. The van der Waals surface area contributed by atoms with Gasteiger partial charge in [0.15, 0.2) is 5.78 Å². The number of benzene rings is 1. The normalized spacial score (nSPS) is 10.8. The Hall–Kier alpha value is -1.49. The lowest BCUT2D eigenvalue weighted by Gasteiger charge is -2.05. The molecule has 0 atom stereocenters. The van der Waals surface area contributed by atoms with Crippen LogP contribution in [0.4, 0.5) is 4.39 Å². The minimum absolute atomic E-state index is 0.108. The number of aromatic nitrogens is 2. The van der Waals surface area contributed by atoms with Gasteiger partial charge in [0.25, 0.3) is 0 Å². The van der Waals surface area contributed by atoms with Crippen LogP contribution < -0.4 is 0 Å². The van der Waals surface area contributed by atoms with Gasteiger partial charge in [-0.2, -0.15) is 5.10 Å². The fraction of sp³-hybridized carbons (Fsp3) is 0.286. The van der Waals surface area contributed by atoms with Gasteiger partial charge in [-0.3, -0.25) is 9.48 Å². The minimum Gasteiger partial charge on any atom is -0.294 e. The van der Waals surface area contributed by atoms with Crippen LogP contribution in [0.2, 0.25) is 0 Å². The Balaban J connectivity index is 2.34. The number of rotatable bonds is 3. The molecule has 19 heavy (non-hydrogen) atoms. The number of carbonyl (C=O) groups excluding carboxylic acids is 1. The summed E-state index contributed by atoms with van der Waals surface area (Å²) in [6.07, 6.45) is 0.166. The molecular formula is C14H14BrFN2O. The summed E-state index contributed by atoms with van der Waals surface area (Å²) in [5.74, 6) is -0.746. The van der Waals surface area contributed by atoms with Gasteiger partial charge in [-0.05, 0) is 41.9 Å². The van der Waals surface area contributed by atoms with Gasteiger partial charge in [0.2, 0.25) is 0 Å². The van der Waals surface area contributed by atoms with Crippen LogP contribution in [0.15, 0.2) is 22.7 Å². The molecule has 2 rings (SSSR count). The topological polar surface area (TPSA) is 34.9 Å². The van der Waals surface area contributed by atoms with E-state index >= 15 is 0 Å². The molecule has 0 unspecified atom stereocenters. The predicted molar refractivity (Wildman–Crippen MR) is 74.8 cm³/mol. The second kappa shape index (κ2) is 5.25. The van der Waals surface area contributed by atoms with Crippen molar-refractivity contribution in [3.8, 4) is 0 Å². The molecule has 0 bridgehead atoms. The van der Waals surface area contributed by atoms with E-state index in [0.29, 0.717) is 4.47 Å². The number of hydrogen-bond acceptors (Lipinski definition) is 2. The van der Waals surface area contributed by atoms with E-state index in [1.807, 2.05) is 20.9 Å². The Labute approximate surface area is 119 Å². The molecule has 1 aromatic carbocycles. The molecule has 0 N–H and O–H groups in total. The fourth-order valence-electron chi connectivity index (χ4n) is 2.05. The lowest BCUT2D eigenvalue weighted by Crippen LogP contribution is -2.08. The number of halogens is 2. The summed E-state index contributed by atoms with van der Waals surface area (Å²) in [5.41, 5.74) is 2.72. The molecule has 3 nitrogen and oxygen atoms in total. The summed E-state index contributed by atoms with van der Waals surface area (Å²) in [7, 11) is 1.83. The SMILES string of the molecule is Cc1nn(C)c(C)c1CC(=O)c1cccc(Br)c1F. The Morgan fingerprint density at radius 1 is 1.42 bits per heavy atom. The Kier molecular flexibility index (Phi) is 3.85. The van der Waals surface area contributed by atoms with Crippen molar-refractivity contribution in [1.29, 1.82) is 0 Å². The zero-order valence-corrected chi connectivity index (χ0v) is 12.6. The zero-order chi connectivity index (χ0) is 14.2. The lowest BCUT2D eigenvalue weighted by molar-refractivity contribution is 0.0988. The van der Waals surface area contributed by atoms with E-state index in [1.54, 1.807) is 16.8 Å². The van der Waals surface area contributed by atoms with Crippen LogP contribution in [0.25, 0.3) is 0 Å². The molecule has 0 spiro atoms. The summed E-state index contributed by atoms with van der Waals surface area (Å²) >= 11 is 3.09. The van der Waals surface area contributed by atoms with Gasteiger partial charge < -0.3 is 0 Å². The molecule has 1 heterocycles. The fourth-order valence-corrected chi connectivity index (χ4v) is 2.41. The largest absolute Gasteiger partial charge is 0.294 e. The van der Waals surface area contributed by atoms with Gasteiger partial charge in [0, 0.05) is 24.7 Å². The van der Waals surface area contributed by atoms with Crippen LogP contribution in [-0.4, -0.2) is 15.6 Å². The molecule has 2 aromatic rings. The highest BCUT2D eigenvalue weighted by molar-refractivity contribution is 9.10. The third-order valence-electron chi connectivity index (χ3n) is 3.25. The number of Topliss-reactive ketones (excluding diaryl/α,β-unsaturated/α-hetero) is 1. The highest BCUT2D eigenvalue weighted by Gasteiger charge is 2.18. The Morgan fingerprint density at radius 3 is 2.68 bits per heavy atom. The van der Waals surface area contributed by atoms with E-state index in [0.717, 1.165) is 17.0 Å². The predicted octanol–water partition coefficient (Wildman–Crippen LogP) is 3.36. The van der Waals surface area contributed by atoms with Gasteiger partial charge >= 0.3 is 0 Å². The van der Waals surface area contributed by atoms with Crippen LogP contribution >= 0.6 is 15.9 Å². The molecule has 0 fully saturated rings. The first-order chi connectivity index (χ1) is 8.91. The van der Waals surface area contributed by atoms with E-state index in [2.05, 4.69) is 21.0 Å². The molecule has 0 aliphatic carbocycles. The van der Waals surface area contributed by atoms with E-state index in [1.165, 1.54) is 6.07 Å². The first-order valence-corrected chi connectivity index (χ1v) is 6.67. The molecule has 0 saturated carbocycles. The molecule has 0 amide bonds. The monoisotopic (exact) mass is 324 g/mol. The minimum atomic E-state index is -0.508. The second-order valence-corrected chi connectivity index (χ2v) is 5.33. The van der Waals surface area contributed by atoms with E-state index in [-0.39, 0.29) is 17.8 Å². The number of nitrogens with zero attached hydrogens (tertiary/aromatic N) is 2. The number of carbonyl (C=O) groups is 1. The van der Waals surface area contributed by atoms with Gasteiger partial charge in [0.1, 0.15) is 5.82 Å². The van der Waals surface area contributed by atoms with Crippen molar-refractivity contribution in [3.05, 3.63) is 51.0 Å². The molecule has 5 heteroatoms. The summed E-state index contributed by atoms with van der Waals surface area (Å²) < 4.78 is 15.9. The summed E-state index contributed by atoms with van der Waals surface area (Å²) in [4.78, 5) is 12.2. The van der Waals surface area contributed by atoms with Crippen molar-refractivity contribution in [2.45, 2.75) is 20.3 Å². The molecule has 100 valence electrons. The van der Waals surface area contributed by atoms with Crippen LogP contribution in [0.5, 0.6) is 0 Å². The second-order valence-electron chi connectivity index (χ2n) is 4.47. The van der Waals surface area contributed by atoms with Gasteiger partial charge in [-0.1, -0.05) is 6.07 Å². The number of ketones is 1. The summed E-state index contributed by atoms with van der Waals surface area (Å²) in [6, 6.07) is 4.74. The van der Waals surface area contributed by atoms with Gasteiger partial charge in [-0.15, -0.1) is 0 Å². The van der Waals surface area contributed by atoms with Crippen molar-refractivity contribution < 1.29 is 9.18 Å². The van der Waals surface area contributed by atoms with Crippen molar-refractivity contribution in [2.75, 3.05) is 0 Å². The van der Waals surface area contributed by atoms with Crippen molar-refractivity contribution in [3.63, 3.8) is 0 Å². The molecule has 0 aliphatic heterocycles. The smallest absolute Gasteiger partial charge is 0.170 e. The van der Waals surface area contributed by atoms with Crippen molar-refractivity contribution in [1.82, 2.24) is 9.78 Å². The zero-order valence-electron chi connectivity index (χ0n) is 11.0. The molecule has 1 aromatic heterocycles. The molecule has 0 aliphatic rings. The van der Waals surface area contributed by atoms with Crippen molar-refractivity contribution >= 4 is 21.7 Å². The molecule has 0 radical (unpaired) electrons. The molecular weight excluding hydrogens is 311 g/mol. The van der Waals surface area contributed by atoms with Crippen LogP contribution in [0.1, 0.15) is 27.3 Å². The summed E-state index contributed by atoms with van der Waals surface area (Å²) in [6.45, 7) is 3.76. The maximum Gasteiger partial charge on any atom is 0.170 e. The van der Waals surface area contributed by atoms with Gasteiger partial charge in [-0.25, -0.2) is 4.39 Å². The third-order valence-corrected chi connectivity index (χ3v) is 3.86. The average molecular weight is 325 g/mol. The standard InChI is InChI=1S/C14H14BrFN2O/c1-8-11(9(2)18(3)17-8)7-13(19)10-5-4-6-12(15)14(10)16/h4-6H,7H2,1-3H3. The number of hydrogen-bond donors (Lipinski definition) is 0. The van der Waals surface area contributed by atoms with E-state index < -0.39 is 5.82 Å². The maximum atomic E-state index is 13.9. The van der Waals surface area contributed by atoms with Crippen molar-refractivity contribution in [2.24, 2.45) is 7.05 Å². The third kappa shape index (κ3) is 2.61. The van der Waals surface area contributed by atoms with Crippen LogP contribution in [0.3, 0.4) is 0 Å². The maximum absolute atomic E-state index is 13.9. The Morgan fingerprint density at radius 2 is 2.11 bits per heavy atom. The van der Waals surface area contributed by atoms with E-state index in [4.69, 9.17) is 0 Å². The van der Waals surface area contributed by atoms with Crippen LogP contribution in [0, 0.1) is 19.7 Å². The first kappa shape index (κ1) is 13.9. The first-order valence-electron chi connectivity index (χ1n) is 5.88. The van der Waals surface area contributed by atoms with Gasteiger partial charge in [0.05, 0.1) is 15.7 Å². The summed E-state index contributed by atoms with van der Waals surface area (Å²) in [5, 5.41) is 4.26. The number of aryl methyl sites for hydroxylation is 2. The van der Waals surface area contributed by atoms with E-state index in [9.17, 15) is 9.18 Å².